The molecule has 0 unspecified atom stereocenters. The van der Waals surface area contributed by atoms with Crippen molar-refractivity contribution >= 4 is 34.5 Å². The summed E-state index contributed by atoms with van der Waals surface area (Å²) in [6, 6.07) is 11.1. The van der Waals surface area contributed by atoms with Gasteiger partial charge in [-0.3, -0.25) is 4.99 Å². The second-order valence-electron chi connectivity index (χ2n) is 4.24. The van der Waals surface area contributed by atoms with E-state index in [1.807, 2.05) is 37.3 Å². The first-order valence-corrected chi connectivity index (χ1v) is 7.55. The Labute approximate surface area is 137 Å². The van der Waals surface area contributed by atoms with Gasteiger partial charge in [0.25, 0.3) is 0 Å². The van der Waals surface area contributed by atoms with Crippen molar-refractivity contribution in [2.45, 2.75) is 6.92 Å². The molecule has 0 fully saturated rings. The van der Waals surface area contributed by atoms with Gasteiger partial charge >= 0.3 is 0 Å². The van der Waals surface area contributed by atoms with E-state index in [0.717, 1.165) is 20.6 Å². The summed E-state index contributed by atoms with van der Waals surface area (Å²) in [5.41, 5.74) is 1.70. The van der Waals surface area contributed by atoms with Gasteiger partial charge in [-0.1, -0.05) is 0 Å². The van der Waals surface area contributed by atoms with E-state index in [1.54, 1.807) is 12.3 Å². The van der Waals surface area contributed by atoms with Gasteiger partial charge in [-0.15, -0.1) is 0 Å². The Bertz CT molecular complexity index is 639. The van der Waals surface area contributed by atoms with E-state index in [9.17, 15) is 5.11 Å². The first-order chi connectivity index (χ1) is 10.1. The van der Waals surface area contributed by atoms with E-state index in [2.05, 4.69) is 27.6 Å². The lowest BCUT2D eigenvalue weighted by atomic mass is 10.2. The Morgan fingerprint density at radius 2 is 1.95 bits per heavy atom. The third-order valence-electron chi connectivity index (χ3n) is 2.78. The first-order valence-electron chi connectivity index (χ1n) is 6.47. The lowest BCUT2D eigenvalue weighted by Gasteiger charge is -2.06. The van der Waals surface area contributed by atoms with Crippen LogP contribution in [0.4, 0.5) is 5.69 Å². The van der Waals surface area contributed by atoms with Crippen LogP contribution < -0.4 is 9.47 Å². The molecule has 0 aliphatic rings. The molecule has 0 bridgehead atoms. The minimum Gasteiger partial charge on any atom is -0.504 e. The van der Waals surface area contributed by atoms with E-state index >= 15 is 0 Å². The Morgan fingerprint density at radius 1 is 1.24 bits per heavy atom. The Kier molecular flexibility index (Phi) is 5.44. The van der Waals surface area contributed by atoms with Crippen molar-refractivity contribution in [1.82, 2.24) is 0 Å². The number of methoxy groups -OCH3 is 1. The normalized spacial score (nSPS) is 10.8. The third-order valence-corrected chi connectivity index (χ3v) is 3.60. The highest BCUT2D eigenvalue weighted by Crippen LogP contribution is 2.32. The fourth-order valence-corrected chi connectivity index (χ4v) is 2.39. The SMILES string of the molecule is CCOc1ccc(N=Cc2cc(I)c(O)c(OC)c2)cc1. The van der Waals surface area contributed by atoms with Gasteiger partial charge < -0.3 is 14.6 Å². The van der Waals surface area contributed by atoms with E-state index < -0.39 is 0 Å². The lowest BCUT2D eigenvalue weighted by Crippen LogP contribution is -1.90. The number of aromatic hydroxyl groups is 1. The largest absolute Gasteiger partial charge is 0.504 e. The maximum Gasteiger partial charge on any atom is 0.171 e. The predicted octanol–water partition coefficient (Wildman–Crippen LogP) is 4.15. The van der Waals surface area contributed by atoms with Crippen molar-refractivity contribution in [1.29, 1.82) is 0 Å². The van der Waals surface area contributed by atoms with Crippen LogP contribution in [0.5, 0.6) is 17.2 Å². The first kappa shape index (κ1) is 15.6. The predicted molar refractivity (Wildman–Crippen MR) is 92.2 cm³/mol. The Balaban J connectivity index is 2.19. The molecule has 0 spiro atoms. The molecule has 110 valence electrons. The van der Waals surface area contributed by atoms with E-state index in [1.165, 1.54) is 7.11 Å². The molecule has 0 saturated carbocycles. The number of benzene rings is 2. The summed E-state index contributed by atoms with van der Waals surface area (Å²) >= 11 is 2.06. The molecule has 4 nitrogen and oxygen atoms in total. The summed E-state index contributed by atoms with van der Waals surface area (Å²) in [7, 11) is 1.53. The molecule has 5 heteroatoms. The van der Waals surface area contributed by atoms with Crippen molar-refractivity contribution in [3.63, 3.8) is 0 Å². The van der Waals surface area contributed by atoms with Crippen molar-refractivity contribution < 1.29 is 14.6 Å². The fraction of sp³-hybridized carbons (Fsp3) is 0.188. The highest BCUT2D eigenvalue weighted by atomic mass is 127. The van der Waals surface area contributed by atoms with Crippen LogP contribution in [0.15, 0.2) is 41.4 Å². The van der Waals surface area contributed by atoms with Crippen LogP contribution in [0.3, 0.4) is 0 Å². The van der Waals surface area contributed by atoms with Gasteiger partial charge in [-0.2, -0.15) is 0 Å². The summed E-state index contributed by atoms with van der Waals surface area (Å²) in [6.45, 7) is 2.60. The number of ether oxygens (including phenoxy) is 2. The number of phenolic OH excluding ortho intramolecular Hbond substituents is 1. The van der Waals surface area contributed by atoms with Crippen molar-refractivity contribution in [3.05, 3.63) is 45.5 Å². The van der Waals surface area contributed by atoms with Gasteiger partial charge in [0, 0.05) is 6.21 Å². The highest BCUT2D eigenvalue weighted by Gasteiger charge is 2.07. The van der Waals surface area contributed by atoms with Gasteiger partial charge in [0.05, 0.1) is 23.0 Å². The van der Waals surface area contributed by atoms with Gasteiger partial charge in [0.15, 0.2) is 11.5 Å². The number of nitrogens with zero attached hydrogens (tertiary/aromatic N) is 1. The minimum absolute atomic E-state index is 0.149. The molecule has 0 aliphatic carbocycles. The molecule has 0 amide bonds. The van der Waals surface area contributed by atoms with Crippen LogP contribution >= 0.6 is 22.6 Å². The van der Waals surface area contributed by atoms with E-state index in [4.69, 9.17) is 9.47 Å². The molecule has 2 aromatic rings. The van der Waals surface area contributed by atoms with Crippen molar-refractivity contribution in [2.24, 2.45) is 4.99 Å². The molecule has 21 heavy (non-hydrogen) atoms. The molecule has 2 rings (SSSR count). The summed E-state index contributed by atoms with van der Waals surface area (Å²) in [4.78, 5) is 4.40. The van der Waals surface area contributed by atoms with Gasteiger partial charge in [0.1, 0.15) is 5.75 Å². The number of hydrogen-bond acceptors (Lipinski definition) is 4. The van der Waals surface area contributed by atoms with Gasteiger partial charge in [-0.25, -0.2) is 0 Å². The summed E-state index contributed by atoms with van der Waals surface area (Å²) in [6.07, 6.45) is 1.74. The second-order valence-corrected chi connectivity index (χ2v) is 5.40. The topological polar surface area (TPSA) is 51.0 Å². The quantitative estimate of drug-likeness (QED) is 0.609. The van der Waals surface area contributed by atoms with Crippen LogP contribution in [0.2, 0.25) is 0 Å². The monoisotopic (exact) mass is 397 g/mol. The fourth-order valence-electron chi connectivity index (χ4n) is 1.77. The average Bonchev–Trinajstić information content (AvgIpc) is 2.50. The minimum atomic E-state index is 0.149. The molecule has 0 atom stereocenters. The molecule has 0 aromatic heterocycles. The maximum absolute atomic E-state index is 9.80. The standard InChI is InChI=1S/C16H16INO3/c1-3-21-13-6-4-12(5-7-13)18-10-11-8-14(17)16(19)15(9-11)20-2/h4-10,19H,3H2,1-2H3. The van der Waals surface area contributed by atoms with Crippen LogP contribution in [0.25, 0.3) is 0 Å². The van der Waals surface area contributed by atoms with Crippen molar-refractivity contribution in [3.8, 4) is 17.2 Å². The summed E-state index contributed by atoms with van der Waals surface area (Å²) < 4.78 is 11.2. The summed E-state index contributed by atoms with van der Waals surface area (Å²) in [5, 5.41) is 9.80. The third kappa shape index (κ3) is 4.10. The lowest BCUT2D eigenvalue weighted by molar-refractivity contribution is 0.340. The van der Waals surface area contributed by atoms with Crippen LogP contribution in [-0.4, -0.2) is 25.0 Å². The number of hydrogen-bond donors (Lipinski definition) is 1. The second kappa shape index (κ2) is 7.31. The smallest absolute Gasteiger partial charge is 0.171 e. The van der Waals surface area contributed by atoms with E-state index in [-0.39, 0.29) is 5.75 Å². The highest BCUT2D eigenvalue weighted by molar-refractivity contribution is 14.1. The van der Waals surface area contributed by atoms with Crippen LogP contribution in [0.1, 0.15) is 12.5 Å². The number of phenols is 1. The number of halogens is 1. The Hall–Kier alpha value is -1.76. The molecule has 0 radical (unpaired) electrons. The zero-order valence-electron chi connectivity index (χ0n) is 11.8. The average molecular weight is 397 g/mol. The van der Waals surface area contributed by atoms with Gasteiger partial charge in [-0.05, 0) is 71.5 Å². The molecule has 0 saturated heterocycles. The van der Waals surface area contributed by atoms with Crippen LogP contribution in [-0.2, 0) is 0 Å². The zero-order chi connectivity index (χ0) is 15.2. The van der Waals surface area contributed by atoms with Crippen LogP contribution in [0, 0.1) is 3.57 Å². The van der Waals surface area contributed by atoms with E-state index in [0.29, 0.717) is 12.4 Å². The number of aliphatic imine (C=N–C) groups is 1. The van der Waals surface area contributed by atoms with Gasteiger partial charge in [0.2, 0.25) is 0 Å². The molecule has 1 N–H and O–H groups in total. The molecule has 2 aromatic carbocycles. The number of rotatable bonds is 5. The molecular formula is C16H16INO3. The zero-order valence-corrected chi connectivity index (χ0v) is 14.0. The Morgan fingerprint density at radius 3 is 2.57 bits per heavy atom. The molecule has 0 aliphatic heterocycles. The molecular weight excluding hydrogens is 381 g/mol. The van der Waals surface area contributed by atoms with Crippen molar-refractivity contribution in [2.75, 3.05) is 13.7 Å². The maximum atomic E-state index is 9.80. The molecule has 0 heterocycles. The summed E-state index contributed by atoms with van der Waals surface area (Å²) in [5.74, 6) is 1.42.